The summed E-state index contributed by atoms with van der Waals surface area (Å²) in [6, 6.07) is 0. The molecule has 2 amide bonds. The van der Waals surface area contributed by atoms with Gasteiger partial charge in [-0.25, -0.2) is 0 Å². The van der Waals surface area contributed by atoms with Crippen LogP contribution in [0.3, 0.4) is 0 Å². The van der Waals surface area contributed by atoms with Gasteiger partial charge in [0.15, 0.2) is 0 Å². The first-order chi connectivity index (χ1) is 6.06. The quantitative estimate of drug-likeness (QED) is 0.456. The number of hydrogen-bond acceptors (Lipinski definition) is 3. The molecule has 1 rings (SSSR count). The fourth-order valence-corrected chi connectivity index (χ4v) is 1.37. The Kier molecular flexibility index (Phi) is 2.87. The zero-order valence-corrected chi connectivity index (χ0v) is 7.78. The molecule has 0 aromatic heterocycles. The van der Waals surface area contributed by atoms with E-state index in [-0.39, 0.29) is 12.5 Å². The molecule has 1 saturated heterocycles. The van der Waals surface area contributed by atoms with E-state index in [1.165, 1.54) is 11.9 Å². The van der Waals surface area contributed by atoms with Gasteiger partial charge in [-0.05, 0) is 0 Å². The average molecular weight is 186 g/mol. The summed E-state index contributed by atoms with van der Waals surface area (Å²) in [5, 5.41) is 11.6. The summed E-state index contributed by atoms with van der Waals surface area (Å²) in [6.45, 7) is 2.56. The van der Waals surface area contributed by atoms with Crippen molar-refractivity contribution in [1.82, 2.24) is 10.2 Å². The lowest BCUT2D eigenvalue weighted by atomic mass is 10.1. The minimum absolute atomic E-state index is 0.0496. The number of carbonyl (C=O) groups is 2. The molecule has 0 spiro atoms. The number of likely N-dealkylation sites (N-methyl/N-ethyl adjacent to an activating group) is 1. The predicted molar refractivity (Wildman–Crippen MR) is 45.8 cm³/mol. The van der Waals surface area contributed by atoms with Crippen molar-refractivity contribution in [2.75, 3.05) is 20.1 Å². The molecule has 0 radical (unpaired) electrons. The van der Waals surface area contributed by atoms with Gasteiger partial charge >= 0.3 is 11.8 Å². The lowest BCUT2D eigenvalue weighted by molar-refractivity contribution is -0.145. The van der Waals surface area contributed by atoms with Crippen LogP contribution in [0.1, 0.15) is 6.92 Å². The zero-order valence-electron chi connectivity index (χ0n) is 7.78. The number of hydrogen-bond donors (Lipinski definition) is 2. The van der Waals surface area contributed by atoms with Gasteiger partial charge in [0.05, 0.1) is 6.10 Å². The average Bonchev–Trinajstić information content (AvgIpc) is 2.44. The van der Waals surface area contributed by atoms with Crippen LogP contribution in [0, 0.1) is 5.92 Å². The number of aliphatic hydroxyl groups excluding tert-OH is 1. The van der Waals surface area contributed by atoms with Crippen molar-refractivity contribution in [3.63, 3.8) is 0 Å². The van der Waals surface area contributed by atoms with Crippen LogP contribution in [-0.4, -0.2) is 48.1 Å². The van der Waals surface area contributed by atoms with Gasteiger partial charge in [0.2, 0.25) is 0 Å². The maximum absolute atomic E-state index is 11.3. The largest absolute Gasteiger partial charge is 0.391 e. The molecule has 1 heterocycles. The van der Waals surface area contributed by atoms with Gasteiger partial charge in [0.25, 0.3) is 0 Å². The molecule has 2 atom stereocenters. The van der Waals surface area contributed by atoms with Gasteiger partial charge in [0.1, 0.15) is 0 Å². The molecule has 0 saturated carbocycles. The third-order valence-corrected chi connectivity index (χ3v) is 2.28. The van der Waals surface area contributed by atoms with E-state index in [0.717, 1.165) is 0 Å². The molecule has 0 aliphatic carbocycles. The third kappa shape index (κ3) is 1.98. The SMILES string of the molecule is CNC(=O)C(=O)N1CC(C)C(O)C1. The van der Waals surface area contributed by atoms with Crippen molar-refractivity contribution in [1.29, 1.82) is 0 Å². The van der Waals surface area contributed by atoms with E-state index in [4.69, 9.17) is 0 Å². The van der Waals surface area contributed by atoms with Crippen LogP contribution in [0.5, 0.6) is 0 Å². The smallest absolute Gasteiger partial charge is 0.311 e. The first-order valence-electron chi connectivity index (χ1n) is 4.25. The Hall–Kier alpha value is -1.10. The highest BCUT2D eigenvalue weighted by molar-refractivity contribution is 6.34. The van der Waals surface area contributed by atoms with Crippen LogP contribution in [0.15, 0.2) is 0 Å². The van der Waals surface area contributed by atoms with Crippen molar-refractivity contribution >= 4 is 11.8 Å². The van der Waals surface area contributed by atoms with E-state index >= 15 is 0 Å². The number of amides is 2. The van der Waals surface area contributed by atoms with Crippen molar-refractivity contribution in [3.05, 3.63) is 0 Å². The number of aliphatic hydroxyl groups is 1. The van der Waals surface area contributed by atoms with Crippen LogP contribution in [0.2, 0.25) is 0 Å². The molecule has 0 aromatic carbocycles. The Balaban J connectivity index is 2.56. The standard InChI is InChI=1S/C8H14N2O3/c1-5-3-10(4-6(5)11)8(13)7(12)9-2/h5-6,11H,3-4H2,1-2H3,(H,9,12). The molecule has 5 heteroatoms. The van der Waals surface area contributed by atoms with E-state index in [0.29, 0.717) is 6.54 Å². The predicted octanol–water partition coefficient (Wildman–Crippen LogP) is -1.43. The summed E-state index contributed by atoms with van der Waals surface area (Å²) < 4.78 is 0. The number of nitrogens with one attached hydrogen (secondary N) is 1. The number of β-amino-alcohol motifs (C(OH)–C–C–N with tert-alkyl or cyclic N) is 1. The lowest BCUT2D eigenvalue weighted by Gasteiger charge is -2.13. The monoisotopic (exact) mass is 186 g/mol. The van der Waals surface area contributed by atoms with Gasteiger partial charge in [-0.2, -0.15) is 0 Å². The van der Waals surface area contributed by atoms with E-state index in [2.05, 4.69) is 5.32 Å². The van der Waals surface area contributed by atoms with Crippen molar-refractivity contribution in [2.45, 2.75) is 13.0 Å². The van der Waals surface area contributed by atoms with Gasteiger partial charge in [-0.1, -0.05) is 6.92 Å². The van der Waals surface area contributed by atoms with Crippen LogP contribution >= 0.6 is 0 Å². The fraction of sp³-hybridized carbons (Fsp3) is 0.750. The van der Waals surface area contributed by atoms with Crippen LogP contribution in [-0.2, 0) is 9.59 Å². The molecule has 1 fully saturated rings. The highest BCUT2D eigenvalue weighted by atomic mass is 16.3. The molecule has 1 aliphatic rings. The number of likely N-dealkylation sites (tertiary alicyclic amines) is 1. The van der Waals surface area contributed by atoms with Gasteiger partial charge in [0, 0.05) is 26.1 Å². The Labute approximate surface area is 76.7 Å². The summed E-state index contributed by atoms with van der Waals surface area (Å²) >= 11 is 0. The minimum atomic E-state index is -0.624. The Morgan fingerprint density at radius 1 is 1.46 bits per heavy atom. The lowest BCUT2D eigenvalue weighted by Crippen LogP contribution is -2.40. The second kappa shape index (κ2) is 3.74. The number of carbonyl (C=O) groups excluding carboxylic acids is 2. The maximum Gasteiger partial charge on any atom is 0.311 e. The second-order valence-electron chi connectivity index (χ2n) is 3.33. The molecule has 13 heavy (non-hydrogen) atoms. The van der Waals surface area contributed by atoms with E-state index in [1.54, 1.807) is 0 Å². The molecular weight excluding hydrogens is 172 g/mol. The minimum Gasteiger partial charge on any atom is -0.391 e. The molecule has 2 N–H and O–H groups in total. The first-order valence-corrected chi connectivity index (χ1v) is 4.25. The fourth-order valence-electron chi connectivity index (χ4n) is 1.37. The summed E-state index contributed by atoms with van der Waals surface area (Å²) in [4.78, 5) is 23.6. The Morgan fingerprint density at radius 2 is 2.08 bits per heavy atom. The molecule has 0 bridgehead atoms. The van der Waals surface area contributed by atoms with Gasteiger partial charge < -0.3 is 15.3 Å². The summed E-state index contributed by atoms with van der Waals surface area (Å²) in [6.07, 6.45) is -0.506. The zero-order chi connectivity index (χ0) is 10.0. The maximum atomic E-state index is 11.3. The molecule has 5 nitrogen and oxygen atoms in total. The topological polar surface area (TPSA) is 69.6 Å². The first kappa shape index (κ1) is 9.98. The van der Waals surface area contributed by atoms with Gasteiger partial charge in [-0.15, -0.1) is 0 Å². The highest BCUT2D eigenvalue weighted by Gasteiger charge is 2.33. The molecule has 74 valence electrons. The van der Waals surface area contributed by atoms with Crippen LogP contribution in [0.4, 0.5) is 0 Å². The molecular formula is C8H14N2O3. The molecule has 2 unspecified atom stereocenters. The Morgan fingerprint density at radius 3 is 2.46 bits per heavy atom. The number of rotatable bonds is 0. The van der Waals surface area contributed by atoms with E-state index in [1.807, 2.05) is 6.92 Å². The van der Waals surface area contributed by atoms with Crippen molar-refractivity contribution in [3.8, 4) is 0 Å². The summed E-state index contributed by atoms with van der Waals surface area (Å²) in [5.41, 5.74) is 0. The van der Waals surface area contributed by atoms with Crippen molar-refractivity contribution in [2.24, 2.45) is 5.92 Å². The van der Waals surface area contributed by atoms with Crippen LogP contribution in [0.25, 0.3) is 0 Å². The summed E-state index contributed by atoms with van der Waals surface area (Å²) in [7, 11) is 1.41. The highest BCUT2D eigenvalue weighted by Crippen LogP contribution is 2.15. The van der Waals surface area contributed by atoms with E-state index < -0.39 is 17.9 Å². The molecule has 1 aliphatic heterocycles. The number of nitrogens with zero attached hydrogens (tertiary/aromatic N) is 1. The van der Waals surface area contributed by atoms with Crippen LogP contribution < -0.4 is 5.32 Å². The molecule has 0 aromatic rings. The Bertz CT molecular complexity index is 219. The van der Waals surface area contributed by atoms with Crippen molar-refractivity contribution < 1.29 is 14.7 Å². The second-order valence-corrected chi connectivity index (χ2v) is 3.33. The van der Waals surface area contributed by atoms with E-state index in [9.17, 15) is 14.7 Å². The normalized spacial score (nSPS) is 27.5. The van der Waals surface area contributed by atoms with Gasteiger partial charge in [-0.3, -0.25) is 9.59 Å². The summed E-state index contributed by atoms with van der Waals surface area (Å²) in [5.74, 6) is -1.14. The third-order valence-electron chi connectivity index (χ3n) is 2.28.